The third kappa shape index (κ3) is 3.78. The molecule has 0 aliphatic heterocycles. The van der Waals surface area contributed by atoms with E-state index in [1.54, 1.807) is 7.11 Å². The molecule has 0 unspecified atom stereocenters. The van der Waals surface area contributed by atoms with Gasteiger partial charge in [0.05, 0.1) is 17.8 Å². The Morgan fingerprint density at radius 2 is 2.00 bits per heavy atom. The molecule has 0 spiro atoms. The van der Waals surface area contributed by atoms with Crippen molar-refractivity contribution in [3.05, 3.63) is 47.1 Å². The summed E-state index contributed by atoms with van der Waals surface area (Å²) in [4.78, 5) is 4.42. The van der Waals surface area contributed by atoms with Crippen LogP contribution in [0.4, 0.5) is 5.82 Å². The Morgan fingerprint density at radius 3 is 2.75 bits per heavy atom. The Balaban J connectivity index is 2.07. The zero-order valence-electron chi connectivity index (χ0n) is 11.5. The van der Waals surface area contributed by atoms with Crippen LogP contribution in [0.25, 0.3) is 0 Å². The molecular weight excluding hydrogens is 276 g/mol. The van der Waals surface area contributed by atoms with E-state index in [0.717, 1.165) is 23.9 Å². The van der Waals surface area contributed by atoms with Crippen molar-refractivity contribution < 1.29 is 9.47 Å². The summed E-state index contributed by atoms with van der Waals surface area (Å²) < 4.78 is 10.8. The molecule has 0 saturated carbocycles. The molecule has 0 aliphatic rings. The first kappa shape index (κ1) is 14.5. The molecule has 106 valence electrons. The quantitative estimate of drug-likeness (QED) is 0.880. The van der Waals surface area contributed by atoms with E-state index in [9.17, 15) is 0 Å². The minimum absolute atomic E-state index is 0.311. The van der Waals surface area contributed by atoms with Crippen molar-refractivity contribution in [3.63, 3.8) is 0 Å². The lowest BCUT2D eigenvalue weighted by atomic mass is 10.3. The highest BCUT2D eigenvalue weighted by atomic mass is 35.5. The van der Waals surface area contributed by atoms with Gasteiger partial charge < -0.3 is 14.8 Å². The lowest BCUT2D eigenvalue weighted by Gasteiger charge is -2.10. The highest BCUT2D eigenvalue weighted by molar-refractivity contribution is 6.31. The molecule has 0 radical (unpaired) electrons. The van der Waals surface area contributed by atoms with Crippen molar-refractivity contribution in [2.45, 2.75) is 13.5 Å². The lowest BCUT2D eigenvalue weighted by molar-refractivity contribution is 0.299. The molecule has 1 heterocycles. The van der Waals surface area contributed by atoms with Crippen LogP contribution in [0, 0.1) is 0 Å². The first-order valence-corrected chi connectivity index (χ1v) is 6.77. The molecule has 2 rings (SSSR count). The number of pyridine rings is 1. The third-order valence-electron chi connectivity index (χ3n) is 2.69. The van der Waals surface area contributed by atoms with Crippen molar-refractivity contribution in [1.82, 2.24) is 4.98 Å². The van der Waals surface area contributed by atoms with Crippen molar-refractivity contribution in [1.29, 1.82) is 0 Å². The van der Waals surface area contributed by atoms with Gasteiger partial charge in [-0.3, -0.25) is 0 Å². The SMILES string of the molecule is CCNc1ccc(Cl)c(COc2cccc(OC)c2)n1. The molecule has 2 aromatic rings. The van der Waals surface area contributed by atoms with E-state index in [4.69, 9.17) is 21.1 Å². The molecule has 0 fully saturated rings. The van der Waals surface area contributed by atoms with Gasteiger partial charge >= 0.3 is 0 Å². The zero-order valence-corrected chi connectivity index (χ0v) is 12.3. The fraction of sp³-hybridized carbons (Fsp3) is 0.267. The highest BCUT2D eigenvalue weighted by Gasteiger charge is 2.05. The van der Waals surface area contributed by atoms with Gasteiger partial charge in [-0.2, -0.15) is 0 Å². The maximum atomic E-state index is 6.13. The van der Waals surface area contributed by atoms with Crippen LogP contribution >= 0.6 is 11.6 Å². The van der Waals surface area contributed by atoms with Gasteiger partial charge in [0.15, 0.2) is 0 Å². The number of nitrogens with zero attached hydrogens (tertiary/aromatic N) is 1. The maximum absolute atomic E-state index is 6.13. The summed E-state index contributed by atoms with van der Waals surface area (Å²) >= 11 is 6.13. The lowest BCUT2D eigenvalue weighted by Crippen LogP contribution is -2.04. The zero-order chi connectivity index (χ0) is 14.4. The fourth-order valence-corrected chi connectivity index (χ4v) is 1.87. The second-order valence-corrected chi connectivity index (χ2v) is 4.53. The largest absolute Gasteiger partial charge is 0.497 e. The monoisotopic (exact) mass is 292 g/mol. The summed E-state index contributed by atoms with van der Waals surface area (Å²) in [6, 6.07) is 11.1. The van der Waals surface area contributed by atoms with Gasteiger partial charge in [0, 0.05) is 12.6 Å². The molecule has 0 aliphatic carbocycles. The number of nitrogens with one attached hydrogen (secondary N) is 1. The Hall–Kier alpha value is -1.94. The van der Waals surface area contributed by atoms with E-state index in [1.807, 2.05) is 43.3 Å². The maximum Gasteiger partial charge on any atom is 0.132 e. The van der Waals surface area contributed by atoms with E-state index in [1.165, 1.54) is 0 Å². The summed E-state index contributed by atoms with van der Waals surface area (Å²) in [5.74, 6) is 2.26. The minimum atomic E-state index is 0.311. The fourth-order valence-electron chi connectivity index (χ4n) is 1.71. The first-order valence-electron chi connectivity index (χ1n) is 6.39. The number of hydrogen-bond acceptors (Lipinski definition) is 4. The molecule has 0 atom stereocenters. The summed E-state index contributed by atoms with van der Waals surface area (Å²) in [7, 11) is 1.62. The summed E-state index contributed by atoms with van der Waals surface area (Å²) in [6.45, 7) is 3.14. The van der Waals surface area contributed by atoms with Crippen LogP contribution in [0.15, 0.2) is 36.4 Å². The average molecular weight is 293 g/mol. The molecule has 0 amide bonds. The third-order valence-corrected chi connectivity index (χ3v) is 3.04. The number of halogens is 1. The molecule has 1 aromatic heterocycles. The molecule has 0 bridgehead atoms. The van der Waals surface area contributed by atoms with Crippen LogP contribution in [-0.2, 0) is 6.61 Å². The van der Waals surface area contributed by atoms with Gasteiger partial charge in [-0.05, 0) is 31.2 Å². The number of anilines is 1. The van der Waals surface area contributed by atoms with Crippen LogP contribution < -0.4 is 14.8 Å². The van der Waals surface area contributed by atoms with Gasteiger partial charge in [0.25, 0.3) is 0 Å². The van der Waals surface area contributed by atoms with Crippen molar-refractivity contribution >= 4 is 17.4 Å². The second kappa shape index (κ2) is 7.01. The Labute approximate surface area is 123 Å². The number of ether oxygens (including phenoxy) is 2. The first-order chi connectivity index (χ1) is 9.72. The van der Waals surface area contributed by atoms with Crippen LogP contribution in [0.2, 0.25) is 5.02 Å². The Morgan fingerprint density at radius 1 is 1.20 bits per heavy atom. The molecule has 0 saturated heterocycles. The molecule has 4 nitrogen and oxygen atoms in total. The molecule has 1 aromatic carbocycles. The topological polar surface area (TPSA) is 43.4 Å². The van der Waals surface area contributed by atoms with Gasteiger partial charge in [0.2, 0.25) is 0 Å². The number of hydrogen-bond donors (Lipinski definition) is 1. The van der Waals surface area contributed by atoms with Crippen LogP contribution in [0.5, 0.6) is 11.5 Å². The summed E-state index contributed by atoms with van der Waals surface area (Å²) in [5, 5.41) is 3.74. The van der Waals surface area contributed by atoms with Crippen LogP contribution in [0.1, 0.15) is 12.6 Å². The number of aromatic nitrogens is 1. The summed E-state index contributed by atoms with van der Waals surface area (Å²) in [6.07, 6.45) is 0. The van der Waals surface area contributed by atoms with E-state index in [2.05, 4.69) is 10.3 Å². The predicted molar refractivity (Wildman–Crippen MR) is 80.7 cm³/mol. The van der Waals surface area contributed by atoms with Crippen molar-refractivity contribution in [2.24, 2.45) is 0 Å². The van der Waals surface area contributed by atoms with E-state index >= 15 is 0 Å². The number of methoxy groups -OCH3 is 1. The van der Waals surface area contributed by atoms with Gasteiger partial charge in [-0.1, -0.05) is 17.7 Å². The summed E-state index contributed by atoms with van der Waals surface area (Å²) in [5.41, 5.74) is 0.702. The van der Waals surface area contributed by atoms with Gasteiger partial charge in [0.1, 0.15) is 23.9 Å². The Kier molecular flexibility index (Phi) is 5.07. The van der Waals surface area contributed by atoms with Gasteiger partial charge in [-0.15, -0.1) is 0 Å². The normalized spacial score (nSPS) is 10.2. The predicted octanol–water partition coefficient (Wildman–Crippen LogP) is 3.75. The number of benzene rings is 1. The second-order valence-electron chi connectivity index (χ2n) is 4.12. The van der Waals surface area contributed by atoms with Crippen LogP contribution in [0.3, 0.4) is 0 Å². The molecular formula is C15H17ClN2O2. The van der Waals surface area contributed by atoms with Crippen molar-refractivity contribution in [2.75, 3.05) is 19.0 Å². The Bertz CT molecular complexity index is 576. The van der Waals surface area contributed by atoms with E-state index in [0.29, 0.717) is 17.3 Å². The van der Waals surface area contributed by atoms with Gasteiger partial charge in [-0.25, -0.2) is 4.98 Å². The standard InChI is InChI=1S/C15H17ClN2O2/c1-3-17-15-8-7-13(16)14(18-15)10-20-12-6-4-5-11(9-12)19-2/h4-9H,3,10H2,1-2H3,(H,17,18). The average Bonchev–Trinajstić information content (AvgIpc) is 2.48. The molecule has 20 heavy (non-hydrogen) atoms. The molecule has 1 N–H and O–H groups in total. The number of rotatable bonds is 6. The van der Waals surface area contributed by atoms with Crippen molar-refractivity contribution in [3.8, 4) is 11.5 Å². The molecule has 5 heteroatoms. The van der Waals surface area contributed by atoms with E-state index in [-0.39, 0.29) is 0 Å². The smallest absolute Gasteiger partial charge is 0.132 e. The highest BCUT2D eigenvalue weighted by Crippen LogP contribution is 2.22. The van der Waals surface area contributed by atoms with E-state index < -0.39 is 0 Å². The van der Waals surface area contributed by atoms with Crippen LogP contribution in [-0.4, -0.2) is 18.6 Å². The minimum Gasteiger partial charge on any atom is -0.497 e.